The minimum absolute atomic E-state index is 0. The average molecular weight is 791 g/mol. The minimum atomic E-state index is -0.0940. The molecule has 0 atom stereocenters. The molecule has 234 valence electrons. The van der Waals surface area contributed by atoms with E-state index in [0.717, 1.165) is 44.9 Å². The Bertz CT molecular complexity index is 2350. The van der Waals surface area contributed by atoms with Crippen LogP contribution >= 0.6 is 0 Å². The van der Waals surface area contributed by atoms with Gasteiger partial charge < -0.3 is 19.1 Å². The van der Waals surface area contributed by atoms with Crippen molar-refractivity contribution in [3.63, 3.8) is 0 Å². The van der Waals surface area contributed by atoms with Gasteiger partial charge in [0, 0.05) is 66.8 Å². The largest absolute Gasteiger partial charge is 0.509 e. The number of nitrogens with zero attached hydrogens (tertiary/aromatic N) is 4. The predicted molar refractivity (Wildman–Crippen MR) is 187 cm³/mol. The van der Waals surface area contributed by atoms with Gasteiger partial charge in [0.1, 0.15) is 5.82 Å². The number of benzene rings is 5. The van der Waals surface area contributed by atoms with Gasteiger partial charge in [0.2, 0.25) is 0 Å². The molecular weight excluding hydrogens is 760 g/mol. The van der Waals surface area contributed by atoms with Gasteiger partial charge in [-0.25, -0.2) is 4.98 Å². The Balaban J connectivity index is 0.00000324. The van der Waals surface area contributed by atoms with Crippen molar-refractivity contribution in [1.82, 2.24) is 9.55 Å². The van der Waals surface area contributed by atoms with Gasteiger partial charge in [-0.3, -0.25) is 0 Å². The Kier molecular flexibility index (Phi) is 6.82. The van der Waals surface area contributed by atoms with Gasteiger partial charge in [-0.1, -0.05) is 80.9 Å². The summed E-state index contributed by atoms with van der Waals surface area (Å²) in [5, 5.41) is 2.28. The van der Waals surface area contributed by atoms with Gasteiger partial charge in [0.25, 0.3) is 0 Å². The average Bonchev–Trinajstić information content (AvgIpc) is 3.54. The van der Waals surface area contributed by atoms with Crippen LogP contribution in [-0.2, 0) is 26.5 Å². The molecule has 0 fully saturated rings. The molecule has 5 nitrogen and oxygen atoms in total. The molecule has 7 aromatic rings. The molecule has 2 aromatic heterocycles. The standard InChI is InChI=1S/C41H31N4O.Pt/c1-41(2,3)26-21-27(44-25-43(4)36-16-7-8-17-37(36)44)23-29(22-26)46-28-18-19-32-34-14-9-13-33-30-11-5-6-12-31(30)35-15-10-20-42-40(35)45(39(33)34)38(32)24-28;/h5-22,25H,1-4H3;/q-3;. The van der Waals surface area contributed by atoms with Crippen LogP contribution < -0.4 is 14.5 Å². The summed E-state index contributed by atoms with van der Waals surface area (Å²) >= 11 is 0. The summed E-state index contributed by atoms with van der Waals surface area (Å²) in [5.41, 5.74) is 11.0. The van der Waals surface area contributed by atoms with E-state index in [-0.39, 0.29) is 26.5 Å². The Morgan fingerprint density at radius 2 is 1.43 bits per heavy atom. The second-order valence-electron chi connectivity index (χ2n) is 13.1. The van der Waals surface area contributed by atoms with Crippen molar-refractivity contribution in [2.24, 2.45) is 0 Å². The van der Waals surface area contributed by atoms with Gasteiger partial charge >= 0.3 is 0 Å². The molecule has 0 N–H and O–H groups in total. The topological polar surface area (TPSA) is 33.5 Å². The van der Waals surface area contributed by atoms with Crippen molar-refractivity contribution >= 4 is 38.9 Å². The van der Waals surface area contributed by atoms with E-state index >= 15 is 0 Å². The van der Waals surface area contributed by atoms with E-state index in [0.29, 0.717) is 11.5 Å². The smallest absolute Gasteiger partial charge is 0.143 e. The molecular formula is C41H31N4OPt-3. The van der Waals surface area contributed by atoms with E-state index in [1.165, 1.54) is 27.6 Å². The maximum atomic E-state index is 6.66. The Morgan fingerprint density at radius 3 is 2.23 bits per heavy atom. The van der Waals surface area contributed by atoms with Crippen LogP contribution in [0.5, 0.6) is 11.5 Å². The third-order valence-corrected chi connectivity index (χ3v) is 9.16. The van der Waals surface area contributed by atoms with E-state index in [1.807, 2.05) is 18.3 Å². The molecule has 47 heavy (non-hydrogen) atoms. The number of fused-ring (bicyclic) bond motifs is 9. The molecule has 0 saturated carbocycles. The van der Waals surface area contributed by atoms with Crippen LogP contribution in [0.3, 0.4) is 0 Å². The monoisotopic (exact) mass is 790 g/mol. The first-order valence-electron chi connectivity index (χ1n) is 15.6. The van der Waals surface area contributed by atoms with Crippen molar-refractivity contribution in [3.05, 3.63) is 134 Å². The first kappa shape index (κ1) is 29.5. The van der Waals surface area contributed by atoms with E-state index in [1.54, 1.807) is 0 Å². The molecule has 0 amide bonds. The van der Waals surface area contributed by atoms with Crippen molar-refractivity contribution in [2.45, 2.75) is 26.2 Å². The predicted octanol–water partition coefficient (Wildman–Crippen LogP) is 10.2. The maximum Gasteiger partial charge on any atom is 0.143 e. The normalized spacial score (nSPS) is 13.2. The fourth-order valence-electron chi connectivity index (χ4n) is 6.92. The van der Waals surface area contributed by atoms with Crippen molar-refractivity contribution in [1.29, 1.82) is 0 Å². The zero-order valence-corrected chi connectivity index (χ0v) is 28.8. The van der Waals surface area contributed by atoms with Gasteiger partial charge in [0.05, 0.1) is 0 Å². The molecule has 5 aromatic carbocycles. The molecule has 2 aliphatic rings. The van der Waals surface area contributed by atoms with Gasteiger partial charge in [-0.05, 0) is 53.2 Å². The fourth-order valence-corrected chi connectivity index (χ4v) is 6.92. The SMILES string of the molecule is CN1[CH-]N(c2[c-]c(Oc3[c-]c4c(cc3)c3cccc5c3n4-c3ncccc3-c3ccccc3-5)cc(C(C)(C)C)c2)c2ccccc21.[Pt]. The molecule has 0 radical (unpaired) electrons. The van der Waals surface area contributed by atoms with Gasteiger partial charge in [-0.15, -0.1) is 47.0 Å². The number of para-hydroxylation sites is 3. The molecule has 0 saturated heterocycles. The van der Waals surface area contributed by atoms with E-state index < -0.39 is 0 Å². The summed E-state index contributed by atoms with van der Waals surface area (Å²) in [7, 11) is 2.07. The quantitative estimate of drug-likeness (QED) is 0.167. The summed E-state index contributed by atoms with van der Waals surface area (Å²) in [6.45, 7) is 8.77. The second-order valence-corrected chi connectivity index (χ2v) is 13.1. The second kappa shape index (κ2) is 10.9. The Morgan fingerprint density at radius 1 is 0.702 bits per heavy atom. The van der Waals surface area contributed by atoms with E-state index in [9.17, 15) is 0 Å². The molecule has 4 heterocycles. The molecule has 0 bridgehead atoms. The summed E-state index contributed by atoms with van der Waals surface area (Å²) in [6.07, 6.45) is 1.87. The molecule has 0 aliphatic carbocycles. The van der Waals surface area contributed by atoms with Crippen LogP contribution in [0.1, 0.15) is 26.3 Å². The molecule has 6 heteroatoms. The number of anilines is 3. The number of pyridine rings is 1. The zero-order valence-electron chi connectivity index (χ0n) is 26.5. The number of rotatable bonds is 3. The number of hydrogen-bond acceptors (Lipinski definition) is 4. The Labute approximate surface area is 289 Å². The minimum Gasteiger partial charge on any atom is -0.509 e. The van der Waals surface area contributed by atoms with Crippen LogP contribution in [0.15, 0.2) is 109 Å². The first-order chi connectivity index (χ1) is 22.3. The first-order valence-corrected chi connectivity index (χ1v) is 15.6. The fraction of sp³-hybridized carbons (Fsp3) is 0.122. The number of aromatic nitrogens is 2. The maximum absolute atomic E-state index is 6.66. The molecule has 9 rings (SSSR count). The third kappa shape index (κ3) is 4.59. The number of ether oxygens (including phenoxy) is 1. The van der Waals surface area contributed by atoms with Crippen molar-refractivity contribution < 1.29 is 25.8 Å². The van der Waals surface area contributed by atoms with Crippen LogP contribution in [0, 0.1) is 18.8 Å². The van der Waals surface area contributed by atoms with Crippen LogP contribution in [0.2, 0.25) is 0 Å². The Hall–Kier alpha value is -4.86. The summed E-state index contributed by atoms with van der Waals surface area (Å²) in [6, 6.07) is 43.4. The van der Waals surface area contributed by atoms with Gasteiger partial charge in [-0.2, -0.15) is 12.7 Å². The van der Waals surface area contributed by atoms with Crippen molar-refractivity contribution in [3.8, 4) is 39.6 Å². The van der Waals surface area contributed by atoms with Crippen molar-refractivity contribution in [2.75, 3.05) is 16.8 Å². The molecule has 0 unspecified atom stereocenters. The summed E-state index contributed by atoms with van der Waals surface area (Å²) in [5.74, 6) is 2.17. The summed E-state index contributed by atoms with van der Waals surface area (Å²) in [4.78, 5) is 9.26. The molecule has 2 aliphatic heterocycles. The summed E-state index contributed by atoms with van der Waals surface area (Å²) < 4.78 is 8.92. The van der Waals surface area contributed by atoms with Crippen LogP contribution in [0.4, 0.5) is 17.1 Å². The molecule has 0 spiro atoms. The zero-order chi connectivity index (χ0) is 31.2. The van der Waals surface area contributed by atoms with E-state index in [4.69, 9.17) is 9.72 Å². The van der Waals surface area contributed by atoms with E-state index in [2.05, 4.69) is 152 Å². The van der Waals surface area contributed by atoms with Gasteiger partial charge in [0.15, 0.2) is 0 Å². The van der Waals surface area contributed by atoms with Crippen LogP contribution in [0.25, 0.3) is 49.9 Å². The third-order valence-electron chi connectivity index (χ3n) is 9.16. The number of hydrogen-bond donors (Lipinski definition) is 0. The van der Waals surface area contributed by atoms with Crippen LogP contribution in [-0.4, -0.2) is 16.6 Å².